The minimum Gasteiger partial charge on any atom is -0.484 e. The van der Waals surface area contributed by atoms with Crippen LogP contribution in [0.5, 0.6) is 5.75 Å². The number of ether oxygens (including phenoxy) is 1. The van der Waals surface area contributed by atoms with Gasteiger partial charge in [0.1, 0.15) is 17.4 Å². The number of fused-ring (bicyclic) bond motifs is 1. The number of benzene rings is 2. The second-order valence-electron chi connectivity index (χ2n) is 10.1. The summed E-state index contributed by atoms with van der Waals surface area (Å²) in [5.74, 6) is 0.744. The summed E-state index contributed by atoms with van der Waals surface area (Å²) in [6.07, 6.45) is 4.52. The molecule has 2 amide bonds. The van der Waals surface area contributed by atoms with Crippen molar-refractivity contribution in [3.63, 3.8) is 0 Å². The van der Waals surface area contributed by atoms with Gasteiger partial charge in [0, 0.05) is 31.7 Å². The van der Waals surface area contributed by atoms with Crippen molar-refractivity contribution in [1.29, 1.82) is 0 Å². The molecule has 3 aliphatic heterocycles. The van der Waals surface area contributed by atoms with Gasteiger partial charge in [-0.1, -0.05) is 55.0 Å². The van der Waals surface area contributed by atoms with Gasteiger partial charge in [-0.25, -0.2) is 0 Å². The number of rotatable bonds is 5. The molecule has 7 heteroatoms. The largest absolute Gasteiger partial charge is 0.484 e. The number of para-hydroxylation sites is 1. The minimum atomic E-state index is -0.606. The van der Waals surface area contributed by atoms with Crippen LogP contribution < -0.4 is 10.5 Å². The van der Waals surface area contributed by atoms with Crippen LogP contribution in [0, 0.1) is 0 Å². The fourth-order valence-corrected chi connectivity index (χ4v) is 5.90. The first-order chi connectivity index (χ1) is 17.0. The van der Waals surface area contributed by atoms with Crippen LogP contribution in [0.15, 0.2) is 54.6 Å². The average molecular weight is 477 g/mol. The lowest BCUT2D eigenvalue weighted by molar-refractivity contribution is -0.142. The number of carbonyl (C=O) groups is 2. The molecule has 2 aromatic rings. The van der Waals surface area contributed by atoms with E-state index in [9.17, 15) is 9.59 Å². The second-order valence-corrected chi connectivity index (χ2v) is 10.1. The first-order valence-electron chi connectivity index (χ1n) is 12.9. The number of likely N-dealkylation sites (tertiary alicyclic amines) is 2. The van der Waals surface area contributed by atoms with E-state index in [2.05, 4.69) is 28.0 Å². The maximum absolute atomic E-state index is 13.4. The lowest BCUT2D eigenvalue weighted by atomic mass is 9.83. The highest BCUT2D eigenvalue weighted by Gasteiger charge is 2.45. The third kappa shape index (κ3) is 5.07. The molecule has 7 nitrogen and oxygen atoms in total. The van der Waals surface area contributed by atoms with E-state index in [0.717, 1.165) is 42.8 Å². The molecular formula is C28H36N4O3. The third-order valence-corrected chi connectivity index (χ3v) is 7.95. The Morgan fingerprint density at radius 2 is 1.60 bits per heavy atom. The topological polar surface area (TPSA) is 79.1 Å². The molecular weight excluding hydrogens is 440 g/mol. The van der Waals surface area contributed by atoms with Crippen molar-refractivity contribution >= 4 is 11.8 Å². The Hall–Kier alpha value is -2.90. The molecule has 2 N–H and O–H groups in total. The summed E-state index contributed by atoms with van der Waals surface area (Å²) < 4.78 is 6.40. The van der Waals surface area contributed by atoms with Gasteiger partial charge in [0.05, 0.1) is 6.54 Å². The minimum absolute atomic E-state index is 0.105. The van der Waals surface area contributed by atoms with Gasteiger partial charge < -0.3 is 15.4 Å². The highest BCUT2D eigenvalue weighted by molar-refractivity contribution is 5.85. The van der Waals surface area contributed by atoms with Gasteiger partial charge in [-0.2, -0.15) is 0 Å². The highest BCUT2D eigenvalue weighted by atomic mass is 16.5. The molecule has 2 fully saturated rings. The molecule has 0 radical (unpaired) electrons. The van der Waals surface area contributed by atoms with Gasteiger partial charge in [-0.05, 0) is 50.4 Å². The van der Waals surface area contributed by atoms with E-state index in [0.29, 0.717) is 45.6 Å². The van der Waals surface area contributed by atoms with Crippen molar-refractivity contribution in [1.82, 2.24) is 14.7 Å². The second kappa shape index (κ2) is 10.4. The normalized spacial score (nSPS) is 23.1. The fraction of sp³-hybridized carbons (Fsp3) is 0.500. The average Bonchev–Trinajstić information content (AvgIpc) is 3.08. The molecule has 2 aromatic carbocycles. The number of primary amides is 1. The summed E-state index contributed by atoms with van der Waals surface area (Å²) in [5, 5.41) is 0. The quantitative estimate of drug-likeness (QED) is 0.718. The Morgan fingerprint density at radius 3 is 2.31 bits per heavy atom. The number of piperidine rings is 2. The van der Waals surface area contributed by atoms with Crippen molar-refractivity contribution in [2.75, 3.05) is 39.3 Å². The van der Waals surface area contributed by atoms with E-state index in [1.54, 1.807) is 0 Å². The molecule has 0 aliphatic carbocycles. The molecule has 3 aliphatic rings. The SMILES string of the molecule is NC(=O)C1(N2CCCCC2)CCN(C(=O)CN2Cc3ccccc3OC(c3ccccc3)C2)CC1. The van der Waals surface area contributed by atoms with Crippen LogP contribution in [-0.2, 0) is 16.1 Å². The van der Waals surface area contributed by atoms with E-state index < -0.39 is 5.54 Å². The monoisotopic (exact) mass is 476 g/mol. The lowest BCUT2D eigenvalue weighted by Crippen LogP contribution is -2.64. The lowest BCUT2D eigenvalue weighted by Gasteiger charge is -2.48. The van der Waals surface area contributed by atoms with Crippen molar-refractivity contribution in [3.8, 4) is 5.75 Å². The van der Waals surface area contributed by atoms with Gasteiger partial charge >= 0.3 is 0 Å². The maximum atomic E-state index is 13.4. The van der Waals surface area contributed by atoms with Gasteiger partial charge in [-0.15, -0.1) is 0 Å². The predicted octanol–water partition coefficient (Wildman–Crippen LogP) is 2.95. The van der Waals surface area contributed by atoms with Crippen LogP contribution >= 0.6 is 0 Å². The van der Waals surface area contributed by atoms with E-state index >= 15 is 0 Å². The predicted molar refractivity (Wildman–Crippen MR) is 135 cm³/mol. The molecule has 0 spiro atoms. The van der Waals surface area contributed by atoms with Crippen molar-refractivity contribution < 1.29 is 14.3 Å². The van der Waals surface area contributed by atoms with E-state index in [4.69, 9.17) is 10.5 Å². The van der Waals surface area contributed by atoms with Crippen LogP contribution in [0.3, 0.4) is 0 Å². The van der Waals surface area contributed by atoms with E-state index in [-0.39, 0.29) is 17.9 Å². The first-order valence-corrected chi connectivity index (χ1v) is 12.9. The van der Waals surface area contributed by atoms with Crippen LogP contribution in [-0.4, -0.2) is 71.3 Å². The smallest absolute Gasteiger partial charge is 0.238 e. The van der Waals surface area contributed by atoms with Crippen LogP contribution in [0.4, 0.5) is 0 Å². The molecule has 5 rings (SSSR count). The van der Waals surface area contributed by atoms with Crippen LogP contribution in [0.2, 0.25) is 0 Å². The van der Waals surface area contributed by atoms with Gasteiger partial charge in [-0.3, -0.25) is 19.4 Å². The Labute approximate surface area is 207 Å². The maximum Gasteiger partial charge on any atom is 0.238 e. The summed E-state index contributed by atoms with van der Waals surface area (Å²) in [4.78, 5) is 32.3. The van der Waals surface area contributed by atoms with Crippen LogP contribution in [0.25, 0.3) is 0 Å². The van der Waals surface area contributed by atoms with Gasteiger partial charge in [0.2, 0.25) is 11.8 Å². The molecule has 35 heavy (non-hydrogen) atoms. The summed E-state index contributed by atoms with van der Waals surface area (Å²) in [7, 11) is 0. The number of hydrogen-bond donors (Lipinski definition) is 1. The molecule has 3 heterocycles. The molecule has 0 aromatic heterocycles. The molecule has 1 atom stereocenters. The van der Waals surface area contributed by atoms with E-state index in [1.165, 1.54) is 6.42 Å². The first kappa shape index (κ1) is 23.8. The summed E-state index contributed by atoms with van der Waals surface area (Å²) in [6.45, 7) is 4.61. The zero-order valence-electron chi connectivity index (χ0n) is 20.4. The Kier molecular flexibility index (Phi) is 7.07. The van der Waals surface area contributed by atoms with Crippen molar-refractivity contribution in [2.24, 2.45) is 5.73 Å². The Bertz CT molecular complexity index is 1030. The number of carbonyl (C=O) groups excluding carboxylic acids is 2. The zero-order valence-corrected chi connectivity index (χ0v) is 20.4. The number of nitrogens with zero attached hydrogens (tertiary/aromatic N) is 3. The molecule has 1 unspecified atom stereocenters. The van der Waals surface area contributed by atoms with Gasteiger partial charge in [0.25, 0.3) is 0 Å². The Morgan fingerprint density at radius 1 is 0.914 bits per heavy atom. The summed E-state index contributed by atoms with van der Waals surface area (Å²) in [5.41, 5.74) is 7.52. The third-order valence-electron chi connectivity index (χ3n) is 7.95. The molecule has 0 saturated carbocycles. The standard InChI is InChI=1S/C28H36N4O3/c29-27(34)28(32-15-7-2-8-16-32)13-17-31(18-14-28)26(33)21-30-19-23-11-5-6-12-24(23)35-25(20-30)22-9-3-1-4-10-22/h1,3-6,9-12,25H,2,7-8,13-21H2,(H2,29,34). The number of hydrogen-bond acceptors (Lipinski definition) is 5. The molecule has 186 valence electrons. The molecule has 2 saturated heterocycles. The fourth-order valence-electron chi connectivity index (χ4n) is 5.90. The highest BCUT2D eigenvalue weighted by Crippen LogP contribution is 2.33. The van der Waals surface area contributed by atoms with Crippen LogP contribution in [0.1, 0.15) is 49.3 Å². The summed E-state index contributed by atoms with van der Waals surface area (Å²) in [6, 6.07) is 18.3. The van der Waals surface area contributed by atoms with E-state index in [1.807, 2.05) is 41.3 Å². The number of amides is 2. The number of nitrogens with two attached hydrogens (primary N) is 1. The van der Waals surface area contributed by atoms with Gasteiger partial charge in [0.15, 0.2) is 0 Å². The molecule has 0 bridgehead atoms. The van der Waals surface area contributed by atoms with Crippen molar-refractivity contribution in [2.45, 2.75) is 50.3 Å². The summed E-state index contributed by atoms with van der Waals surface area (Å²) >= 11 is 0. The zero-order chi connectivity index (χ0) is 24.3. The Balaban J connectivity index is 1.27. The van der Waals surface area contributed by atoms with Crippen molar-refractivity contribution in [3.05, 3.63) is 65.7 Å².